The second-order valence-electron chi connectivity index (χ2n) is 5.45. The molecule has 1 saturated heterocycles. The predicted octanol–water partition coefficient (Wildman–Crippen LogP) is 2.51. The largest absolute Gasteiger partial charge is 0.478 e. The number of anilines is 1. The summed E-state index contributed by atoms with van der Waals surface area (Å²) < 4.78 is 0. The van der Waals surface area contributed by atoms with E-state index in [0.29, 0.717) is 13.0 Å². The Hall–Kier alpha value is -2.04. The van der Waals surface area contributed by atoms with E-state index in [4.69, 9.17) is 5.11 Å². The van der Waals surface area contributed by atoms with Gasteiger partial charge in [0.15, 0.2) is 0 Å². The van der Waals surface area contributed by atoms with Crippen molar-refractivity contribution in [1.82, 2.24) is 4.90 Å². The molecule has 1 aliphatic heterocycles. The molecule has 21 heavy (non-hydrogen) atoms. The third kappa shape index (κ3) is 4.21. The molecule has 0 bridgehead atoms. The lowest BCUT2D eigenvalue weighted by Crippen LogP contribution is -2.36. The number of amides is 1. The summed E-state index contributed by atoms with van der Waals surface area (Å²) in [6.45, 7) is 4.19. The molecular formula is C16H22N2O3. The van der Waals surface area contributed by atoms with Crippen molar-refractivity contribution in [1.29, 1.82) is 0 Å². The van der Waals surface area contributed by atoms with Crippen molar-refractivity contribution in [3.8, 4) is 0 Å². The molecular weight excluding hydrogens is 268 g/mol. The van der Waals surface area contributed by atoms with E-state index in [1.807, 2.05) is 11.8 Å². The highest BCUT2D eigenvalue weighted by Gasteiger charge is 2.15. The average Bonchev–Trinajstić information content (AvgIpc) is 2.49. The van der Waals surface area contributed by atoms with Crippen molar-refractivity contribution in [2.75, 3.05) is 25.0 Å². The second-order valence-corrected chi connectivity index (χ2v) is 5.45. The number of nitrogens with one attached hydrogen (secondary N) is 1. The van der Waals surface area contributed by atoms with Crippen LogP contribution in [-0.4, -0.2) is 41.5 Å². The van der Waals surface area contributed by atoms with Gasteiger partial charge in [-0.15, -0.1) is 0 Å². The summed E-state index contributed by atoms with van der Waals surface area (Å²) in [6.07, 6.45) is 3.90. The summed E-state index contributed by atoms with van der Waals surface area (Å²) in [7, 11) is 0. The van der Waals surface area contributed by atoms with Gasteiger partial charge in [-0.05, 0) is 49.9 Å². The number of rotatable bonds is 5. The number of carbonyl (C=O) groups excluding carboxylic acids is 1. The van der Waals surface area contributed by atoms with Crippen LogP contribution in [0.5, 0.6) is 0 Å². The smallest absolute Gasteiger partial charge is 0.335 e. The number of benzene rings is 1. The Kier molecular flexibility index (Phi) is 5.20. The number of carboxylic acid groups (broad SMARTS) is 1. The lowest BCUT2D eigenvalue weighted by atomic mass is 10.1. The zero-order valence-electron chi connectivity index (χ0n) is 12.4. The molecule has 5 heteroatoms. The van der Waals surface area contributed by atoms with Crippen LogP contribution in [0.2, 0.25) is 0 Å². The first-order valence-corrected chi connectivity index (χ1v) is 7.43. The van der Waals surface area contributed by atoms with Gasteiger partial charge in [0, 0.05) is 31.7 Å². The van der Waals surface area contributed by atoms with Crippen molar-refractivity contribution in [2.45, 2.75) is 32.6 Å². The first-order chi connectivity index (χ1) is 10.1. The molecule has 1 heterocycles. The quantitative estimate of drug-likeness (QED) is 0.874. The summed E-state index contributed by atoms with van der Waals surface area (Å²) in [5.74, 6) is -0.730. The van der Waals surface area contributed by atoms with Gasteiger partial charge in [0.05, 0.1) is 5.56 Å². The predicted molar refractivity (Wildman–Crippen MR) is 81.7 cm³/mol. The van der Waals surface area contributed by atoms with Gasteiger partial charge in [0.2, 0.25) is 5.91 Å². The lowest BCUT2D eigenvalue weighted by molar-refractivity contribution is -0.131. The molecule has 0 aliphatic carbocycles. The zero-order chi connectivity index (χ0) is 15.2. The molecule has 1 aliphatic rings. The van der Waals surface area contributed by atoms with E-state index in [1.165, 1.54) is 6.42 Å². The number of hydrogen-bond donors (Lipinski definition) is 2. The number of hydrogen-bond acceptors (Lipinski definition) is 3. The number of piperidine rings is 1. The molecule has 0 atom stereocenters. The number of nitrogens with zero attached hydrogens (tertiary/aromatic N) is 1. The van der Waals surface area contributed by atoms with Crippen LogP contribution < -0.4 is 5.32 Å². The Morgan fingerprint density at radius 2 is 1.95 bits per heavy atom. The number of aromatic carboxylic acids is 1. The Morgan fingerprint density at radius 3 is 2.57 bits per heavy atom. The van der Waals surface area contributed by atoms with E-state index in [2.05, 4.69) is 5.32 Å². The van der Waals surface area contributed by atoms with E-state index in [1.54, 1.807) is 18.2 Å². The molecule has 2 N–H and O–H groups in total. The fourth-order valence-electron chi connectivity index (χ4n) is 2.60. The maximum atomic E-state index is 12.0. The van der Waals surface area contributed by atoms with Crippen LogP contribution in [0.4, 0.5) is 5.69 Å². The fourth-order valence-corrected chi connectivity index (χ4v) is 2.60. The molecule has 2 rings (SSSR count). The molecule has 1 amide bonds. The van der Waals surface area contributed by atoms with E-state index in [0.717, 1.165) is 37.2 Å². The maximum Gasteiger partial charge on any atom is 0.335 e. The summed E-state index contributed by atoms with van der Waals surface area (Å²) >= 11 is 0. The third-order valence-electron chi connectivity index (χ3n) is 3.84. The van der Waals surface area contributed by atoms with Gasteiger partial charge in [-0.25, -0.2) is 4.79 Å². The maximum absolute atomic E-state index is 12.0. The minimum Gasteiger partial charge on any atom is -0.478 e. The van der Waals surface area contributed by atoms with Crippen LogP contribution in [-0.2, 0) is 4.79 Å². The zero-order valence-corrected chi connectivity index (χ0v) is 12.4. The second kappa shape index (κ2) is 7.11. The Balaban J connectivity index is 1.83. The molecule has 0 spiro atoms. The van der Waals surface area contributed by atoms with Crippen LogP contribution in [0.3, 0.4) is 0 Å². The van der Waals surface area contributed by atoms with Gasteiger partial charge in [0.1, 0.15) is 0 Å². The monoisotopic (exact) mass is 290 g/mol. The summed E-state index contributed by atoms with van der Waals surface area (Å²) in [5.41, 5.74) is 2.04. The van der Waals surface area contributed by atoms with Crippen molar-refractivity contribution in [3.05, 3.63) is 29.3 Å². The molecule has 0 unspecified atom stereocenters. The van der Waals surface area contributed by atoms with E-state index < -0.39 is 5.97 Å². The van der Waals surface area contributed by atoms with Crippen LogP contribution in [0.25, 0.3) is 0 Å². The number of likely N-dealkylation sites (tertiary alicyclic amines) is 1. The van der Waals surface area contributed by atoms with Crippen molar-refractivity contribution < 1.29 is 14.7 Å². The molecule has 0 radical (unpaired) electrons. The van der Waals surface area contributed by atoms with Gasteiger partial charge in [-0.2, -0.15) is 0 Å². The lowest BCUT2D eigenvalue weighted by Gasteiger charge is -2.26. The standard InChI is InChI=1S/C16H22N2O3/c1-12-11-13(16(20)21)5-6-14(12)17-8-7-15(19)18-9-3-2-4-10-18/h5-6,11,17H,2-4,7-10H2,1H3,(H,20,21). The minimum atomic E-state index is -0.926. The Morgan fingerprint density at radius 1 is 1.24 bits per heavy atom. The third-order valence-corrected chi connectivity index (χ3v) is 3.84. The van der Waals surface area contributed by atoms with Crippen molar-refractivity contribution >= 4 is 17.6 Å². The minimum absolute atomic E-state index is 0.196. The number of carboxylic acids is 1. The summed E-state index contributed by atoms with van der Waals surface area (Å²) in [6, 6.07) is 4.96. The van der Waals surface area contributed by atoms with Gasteiger partial charge >= 0.3 is 5.97 Å². The van der Waals surface area contributed by atoms with E-state index >= 15 is 0 Å². The number of aryl methyl sites for hydroxylation is 1. The van der Waals surface area contributed by atoms with Gasteiger partial charge < -0.3 is 15.3 Å². The molecule has 114 valence electrons. The van der Waals surface area contributed by atoms with Crippen molar-refractivity contribution in [3.63, 3.8) is 0 Å². The van der Waals surface area contributed by atoms with Crippen LogP contribution in [0, 0.1) is 6.92 Å². The van der Waals surface area contributed by atoms with Crippen LogP contribution in [0.1, 0.15) is 41.6 Å². The molecule has 5 nitrogen and oxygen atoms in total. The fraction of sp³-hybridized carbons (Fsp3) is 0.500. The molecule has 0 saturated carbocycles. The SMILES string of the molecule is Cc1cc(C(=O)O)ccc1NCCC(=O)N1CCCCC1. The highest BCUT2D eigenvalue weighted by atomic mass is 16.4. The topological polar surface area (TPSA) is 69.6 Å². The summed E-state index contributed by atoms with van der Waals surface area (Å²) in [5, 5.41) is 12.1. The van der Waals surface area contributed by atoms with E-state index in [9.17, 15) is 9.59 Å². The van der Waals surface area contributed by atoms with Gasteiger partial charge in [-0.3, -0.25) is 4.79 Å². The first-order valence-electron chi connectivity index (χ1n) is 7.43. The average molecular weight is 290 g/mol. The normalized spacial score (nSPS) is 14.8. The first kappa shape index (κ1) is 15.4. The van der Waals surface area contributed by atoms with E-state index in [-0.39, 0.29) is 11.5 Å². The van der Waals surface area contributed by atoms with Crippen LogP contribution >= 0.6 is 0 Å². The van der Waals surface area contributed by atoms with Gasteiger partial charge in [-0.1, -0.05) is 0 Å². The number of carbonyl (C=O) groups is 2. The Labute approximate surface area is 125 Å². The highest BCUT2D eigenvalue weighted by Crippen LogP contribution is 2.17. The van der Waals surface area contributed by atoms with Crippen molar-refractivity contribution in [2.24, 2.45) is 0 Å². The molecule has 0 aromatic heterocycles. The highest BCUT2D eigenvalue weighted by molar-refractivity contribution is 5.88. The van der Waals surface area contributed by atoms with Crippen LogP contribution in [0.15, 0.2) is 18.2 Å². The molecule has 1 aromatic carbocycles. The molecule has 1 fully saturated rings. The van der Waals surface area contributed by atoms with Gasteiger partial charge in [0.25, 0.3) is 0 Å². The molecule has 1 aromatic rings. The summed E-state index contributed by atoms with van der Waals surface area (Å²) in [4.78, 5) is 24.8. The Bertz CT molecular complexity index is 522.